The SMILES string of the molecule is CC.CC.Clc1cc2c(cc1Br)nc1n2CCC1. The van der Waals surface area contributed by atoms with Gasteiger partial charge >= 0.3 is 0 Å². The van der Waals surface area contributed by atoms with Crippen LogP contribution in [0.5, 0.6) is 0 Å². The number of rotatable bonds is 0. The zero-order chi connectivity index (χ0) is 13.7. The fourth-order valence-electron chi connectivity index (χ4n) is 2.01. The molecule has 0 unspecified atom stereocenters. The van der Waals surface area contributed by atoms with Crippen LogP contribution in [0.4, 0.5) is 0 Å². The zero-order valence-electron chi connectivity index (χ0n) is 11.4. The van der Waals surface area contributed by atoms with E-state index in [4.69, 9.17) is 11.6 Å². The van der Waals surface area contributed by atoms with Crippen LogP contribution in [-0.4, -0.2) is 9.55 Å². The molecule has 2 aromatic rings. The molecule has 0 spiro atoms. The first kappa shape index (κ1) is 15.5. The van der Waals surface area contributed by atoms with Crippen LogP contribution in [0.2, 0.25) is 5.02 Å². The van der Waals surface area contributed by atoms with E-state index in [0.29, 0.717) is 0 Å². The van der Waals surface area contributed by atoms with E-state index in [0.717, 1.165) is 33.5 Å². The Morgan fingerprint density at radius 1 is 1.22 bits per heavy atom. The highest BCUT2D eigenvalue weighted by Gasteiger charge is 2.16. The topological polar surface area (TPSA) is 17.8 Å². The molecule has 1 aromatic heterocycles. The van der Waals surface area contributed by atoms with Crippen molar-refractivity contribution in [3.8, 4) is 0 Å². The second kappa shape index (κ2) is 7.15. The summed E-state index contributed by atoms with van der Waals surface area (Å²) < 4.78 is 3.18. The number of halogens is 2. The van der Waals surface area contributed by atoms with Crippen molar-refractivity contribution >= 4 is 38.6 Å². The average Bonchev–Trinajstić information content (AvgIpc) is 2.97. The Balaban J connectivity index is 0.000000371. The molecule has 1 aromatic carbocycles. The van der Waals surface area contributed by atoms with E-state index < -0.39 is 0 Å². The van der Waals surface area contributed by atoms with Crippen LogP contribution in [0.15, 0.2) is 16.6 Å². The molecule has 0 N–H and O–H groups in total. The summed E-state index contributed by atoms with van der Waals surface area (Å²) in [5.74, 6) is 1.19. The molecule has 0 saturated carbocycles. The van der Waals surface area contributed by atoms with Crippen LogP contribution < -0.4 is 0 Å². The fourth-order valence-corrected chi connectivity index (χ4v) is 2.49. The fraction of sp³-hybridized carbons (Fsp3) is 0.500. The monoisotopic (exact) mass is 330 g/mol. The molecule has 1 aliphatic heterocycles. The number of fused-ring (bicyclic) bond motifs is 3. The molecule has 0 amide bonds. The predicted octanol–water partition coefficient (Wildman–Crippen LogP) is 5.45. The Kier molecular flexibility index (Phi) is 6.16. The lowest BCUT2D eigenvalue weighted by Crippen LogP contribution is -1.90. The van der Waals surface area contributed by atoms with E-state index >= 15 is 0 Å². The van der Waals surface area contributed by atoms with Crippen molar-refractivity contribution in [2.75, 3.05) is 0 Å². The molecule has 4 heteroatoms. The van der Waals surface area contributed by atoms with Crippen molar-refractivity contribution in [3.05, 3.63) is 27.5 Å². The first-order valence-corrected chi connectivity index (χ1v) is 7.77. The van der Waals surface area contributed by atoms with Gasteiger partial charge in [0.2, 0.25) is 0 Å². The van der Waals surface area contributed by atoms with Crippen LogP contribution in [0.25, 0.3) is 11.0 Å². The van der Waals surface area contributed by atoms with E-state index in [1.807, 2.05) is 39.8 Å². The first-order valence-electron chi connectivity index (χ1n) is 6.60. The Morgan fingerprint density at radius 2 is 1.89 bits per heavy atom. The van der Waals surface area contributed by atoms with E-state index in [2.05, 4.69) is 25.5 Å². The van der Waals surface area contributed by atoms with Crippen molar-refractivity contribution in [3.63, 3.8) is 0 Å². The smallest absolute Gasteiger partial charge is 0.109 e. The van der Waals surface area contributed by atoms with Gasteiger partial charge in [-0.15, -0.1) is 0 Å². The number of nitrogens with zero attached hydrogens (tertiary/aromatic N) is 2. The molecule has 18 heavy (non-hydrogen) atoms. The highest BCUT2D eigenvalue weighted by atomic mass is 79.9. The Morgan fingerprint density at radius 3 is 2.56 bits per heavy atom. The third-order valence-corrected chi connectivity index (χ3v) is 3.85. The maximum atomic E-state index is 6.06. The van der Waals surface area contributed by atoms with Gasteiger partial charge in [0.1, 0.15) is 5.82 Å². The molecule has 0 saturated heterocycles. The minimum absolute atomic E-state index is 0.757. The van der Waals surface area contributed by atoms with Gasteiger partial charge in [0.05, 0.1) is 16.1 Å². The van der Waals surface area contributed by atoms with E-state index in [-0.39, 0.29) is 0 Å². The summed E-state index contributed by atoms with van der Waals surface area (Å²) in [7, 11) is 0. The average molecular weight is 332 g/mol. The van der Waals surface area contributed by atoms with Crippen molar-refractivity contribution in [2.24, 2.45) is 0 Å². The van der Waals surface area contributed by atoms with Gasteiger partial charge in [-0.2, -0.15) is 0 Å². The molecule has 3 rings (SSSR count). The molecule has 0 radical (unpaired) electrons. The van der Waals surface area contributed by atoms with Crippen molar-refractivity contribution < 1.29 is 0 Å². The lowest BCUT2D eigenvalue weighted by molar-refractivity contribution is 0.771. The van der Waals surface area contributed by atoms with E-state index in [9.17, 15) is 0 Å². The van der Waals surface area contributed by atoms with Crippen LogP contribution in [0, 0.1) is 0 Å². The number of imidazole rings is 1. The molecule has 100 valence electrons. The van der Waals surface area contributed by atoms with Gasteiger partial charge in [0.25, 0.3) is 0 Å². The Labute approximate surface area is 122 Å². The third kappa shape index (κ3) is 2.89. The van der Waals surface area contributed by atoms with E-state index in [1.54, 1.807) is 0 Å². The molecule has 2 heterocycles. The molecule has 0 bridgehead atoms. The number of benzene rings is 1. The predicted molar refractivity (Wildman–Crippen MR) is 83.5 cm³/mol. The van der Waals surface area contributed by atoms with Gasteiger partial charge in [-0.25, -0.2) is 4.98 Å². The highest BCUT2D eigenvalue weighted by molar-refractivity contribution is 9.10. The maximum absolute atomic E-state index is 6.06. The highest BCUT2D eigenvalue weighted by Crippen LogP contribution is 2.30. The standard InChI is InChI=1S/C10H8BrClN2.2C2H6/c11-6-4-8-9(5-7(6)12)14-3-1-2-10(14)13-8;2*1-2/h4-5H,1-3H2;2*1-2H3. The largest absolute Gasteiger partial charge is 0.328 e. The lowest BCUT2D eigenvalue weighted by atomic mass is 10.3. The van der Waals surface area contributed by atoms with Crippen molar-refractivity contribution in [1.82, 2.24) is 9.55 Å². The van der Waals surface area contributed by atoms with Gasteiger partial charge in [-0.1, -0.05) is 39.3 Å². The summed E-state index contributed by atoms with van der Waals surface area (Å²) in [4.78, 5) is 4.57. The minimum atomic E-state index is 0.757. The van der Waals surface area contributed by atoms with Gasteiger partial charge in [0, 0.05) is 17.4 Å². The molecular weight excluding hydrogens is 312 g/mol. The number of hydrogen-bond acceptors (Lipinski definition) is 1. The second-order valence-electron chi connectivity index (χ2n) is 3.54. The zero-order valence-corrected chi connectivity index (χ0v) is 13.8. The van der Waals surface area contributed by atoms with Gasteiger partial charge in [-0.05, 0) is 34.5 Å². The molecule has 0 aliphatic carbocycles. The summed E-state index contributed by atoms with van der Waals surface area (Å²) in [6, 6.07) is 3.98. The summed E-state index contributed by atoms with van der Waals surface area (Å²) in [6.45, 7) is 9.07. The van der Waals surface area contributed by atoms with Gasteiger partial charge in [-0.3, -0.25) is 0 Å². The summed E-state index contributed by atoms with van der Waals surface area (Å²) in [5, 5.41) is 0.757. The summed E-state index contributed by atoms with van der Waals surface area (Å²) in [5.41, 5.74) is 2.20. The van der Waals surface area contributed by atoms with Crippen molar-refractivity contribution in [1.29, 1.82) is 0 Å². The normalized spacial score (nSPS) is 12.3. The van der Waals surface area contributed by atoms with E-state index in [1.165, 1.54) is 12.2 Å². The van der Waals surface area contributed by atoms with Crippen LogP contribution in [0.3, 0.4) is 0 Å². The number of hydrogen-bond donors (Lipinski definition) is 0. The van der Waals surface area contributed by atoms with Crippen LogP contribution in [0.1, 0.15) is 39.9 Å². The first-order chi connectivity index (χ1) is 8.75. The van der Waals surface area contributed by atoms with Crippen molar-refractivity contribution in [2.45, 2.75) is 47.1 Å². The number of aryl methyl sites for hydroxylation is 2. The third-order valence-electron chi connectivity index (χ3n) is 2.65. The molecular formula is C14H20BrClN2. The Bertz CT molecular complexity index is 520. The quantitative estimate of drug-likeness (QED) is 0.627. The van der Waals surface area contributed by atoms with Crippen LogP contribution in [-0.2, 0) is 13.0 Å². The molecule has 1 aliphatic rings. The number of aromatic nitrogens is 2. The maximum Gasteiger partial charge on any atom is 0.109 e. The minimum Gasteiger partial charge on any atom is -0.328 e. The second-order valence-corrected chi connectivity index (χ2v) is 4.80. The summed E-state index contributed by atoms with van der Waals surface area (Å²) in [6.07, 6.45) is 2.29. The van der Waals surface area contributed by atoms with Gasteiger partial charge in [0.15, 0.2) is 0 Å². The lowest BCUT2D eigenvalue weighted by Gasteiger charge is -1.99. The van der Waals surface area contributed by atoms with Crippen LogP contribution >= 0.6 is 27.5 Å². The molecule has 0 fully saturated rings. The summed E-state index contributed by atoms with van der Waals surface area (Å²) >= 11 is 9.47. The van der Waals surface area contributed by atoms with Gasteiger partial charge < -0.3 is 4.57 Å². The Hall–Kier alpha value is -0.540. The molecule has 2 nitrogen and oxygen atoms in total. The molecule has 0 atom stereocenters.